The summed E-state index contributed by atoms with van der Waals surface area (Å²) in [5.41, 5.74) is 8.30. The summed E-state index contributed by atoms with van der Waals surface area (Å²) in [5, 5.41) is 0. The maximum absolute atomic E-state index is 13.2. The molecule has 0 spiro atoms. The zero-order chi connectivity index (χ0) is 22.0. The van der Waals surface area contributed by atoms with E-state index in [4.69, 9.17) is 5.73 Å². The molecule has 1 aliphatic carbocycles. The van der Waals surface area contributed by atoms with Crippen molar-refractivity contribution in [2.24, 2.45) is 11.7 Å². The van der Waals surface area contributed by atoms with Gasteiger partial charge in [0.2, 0.25) is 12.2 Å². The second-order valence-corrected chi connectivity index (χ2v) is 8.73. The van der Waals surface area contributed by atoms with Crippen LogP contribution in [-0.2, 0) is 21.5 Å². The number of aromatic nitrogens is 2. The zero-order valence-corrected chi connectivity index (χ0v) is 18.2. The number of nitrogens with two attached hydrogens (primary N) is 1. The van der Waals surface area contributed by atoms with E-state index in [1.165, 1.54) is 0 Å². The Hall–Kier alpha value is -3.21. The third-order valence-corrected chi connectivity index (χ3v) is 6.74. The van der Waals surface area contributed by atoms with Crippen LogP contribution >= 0.6 is 0 Å². The molecule has 0 aliphatic heterocycles. The van der Waals surface area contributed by atoms with Crippen molar-refractivity contribution in [2.45, 2.75) is 51.1 Å². The first-order valence-electron chi connectivity index (χ1n) is 10.9. The molecule has 0 saturated heterocycles. The minimum absolute atomic E-state index is 0.0868. The van der Waals surface area contributed by atoms with Gasteiger partial charge >= 0.3 is 0 Å². The van der Waals surface area contributed by atoms with Crippen LogP contribution in [0.5, 0.6) is 0 Å². The normalized spacial score (nSPS) is 18.8. The van der Waals surface area contributed by atoms with E-state index in [0.29, 0.717) is 6.54 Å². The van der Waals surface area contributed by atoms with Crippen molar-refractivity contribution in [1.29, 1.82) is 0 Å². The molecule has 160 valence electrons. The number of carbonyl (C=O) groups excluding carboxylic acids is 2. The number of hydrogen-bond donors (Lipinski definition) is 1. The Morgan fingerprint density at radius 2 is 1.61 bits per heavy atom. The molecular formula is C26H30N3O2+. The van der Waals surface area contributed by atoms with Gasteiger partial charge in [-0.25, -0.2) is 9.13 Å². The predicted octanol–water partition coefficient (Wildman–Crippen LogP) is 3.49. The summed E-state index contributed by atoms with van der Waals surface area (Å²) in [5.74, 6) is -0.0781. The summed E-state index contributed by atoms with van der Waals surface area (Å²) in [6.45, 7) is 4.01. The molecule has 1 aromatic heterocycles. The molecule has 0 radical (unpaired) electrons. The van der Waals surface area contributed by atoms with Crippen molar-refractivity contribution in [1.82, 2.24) is 4.57 Å². The van der Waals surface area contributed by atoms with Crippen molar-refractivity contribution in [3.05, 3.63) is 90.0 Å². The largest absolute Gasteiger partial charge is 0.369 e. The summed E-state index contributed by atoms with van der Waals surface area (Å²) in [6, 6.07) is 20.2. The Kier molecular flexibility index (Phi) is 5.77. The Balaban J connectivity index is 1.73. The van der Waals surface area contributed by atoms with Crippen LogP contribution in [0.15, 0.2) is 73.2 Å². The molecule has 1 heterocycles. The van der Waals surface area contributed by atoms with Crippen LogP contribution in [0.3, 0.4) is 0 Å². The SMILES string of the molecule is CC(=O)Cn1c[n+]([C@@H]2CC[C@@H](C(C(N)=O)(c3ccccc3)c3ccccc3)C2)cc1C. The summed E-state index contributed by atoms with van der Waals surface area (Å²) in [4.78, 5) is 24.8. The lowest BCUT2D eigenvalue weighted by Gasteiger charge is -2.37. The minimum Gasteiger partial charge on any atom is -0.369 e. The van der Waals surface area contributed by atoms with E-state index in [1.54, 1.807) is 6.92 Å². The number of imidazole rings is 1. The Labute approximate surface area is 183 Å². The monoisotopic (exact) mass is 416 g/mol. The number of amides is 1. The second-order valence-electron chi connectivity index (χ2n) is 8.73. The molecule has 5 heteroatoms. The van der Waals surface area contributed by atoms with Crippen LogP contribution < -0.4 is 10.3 Å². The van der Waals surface area contributed by atoms with E-state index < -0.39 is 5.41 Å². The number of benzene rings is 2. The van der Waals surface area contributed by atoms with E-state index in [2.05, 4.69) is 10.8 Å². The van der Waals surface area contributed by atoms with Crippen LogP contribution in [0.1, 0.15) is 49.0 Å². The molecule has 1 saturated carbocycles. The topological polar surface area (TPSA) is 69.0 Å². The van der Waals surface area contributed by atoms with Gasteiger partial charge in [-0.3, -0.25) is 9.59 Å². The first kappa shape index (κ1) is 21.0. The summed E-state index contributed by atoms with van der Waals surface area (Å²) in [6.07, 6.45) is 6.85. The molecule has 2 atom stereocenters. The number of carbonyl (C=O) groups is 2. The second kappa shape index (κ2) is 8.50. The highest BCUT2D eigenvalue weighted by Gasteiger charge is 2.50. The van der Waals surface area contributed by atoms with Gasteiger partial charge in [-0.15, -0.1) is 0 Å². The van der Waals surface area contributed by atoms with E-state index in [1.807, 2.05) is 78.5 Å². The quantitative estimate of drug-likeness (QED) is 0.599. The van der Waals surface area contributed by atoms with Crippen molar-refractivity contribution in [2.75, 3.05) is 0 Å². The Morgan fingerprint density at radius 3 is 2.13 bits per heavy atom. The number of rotatable bonds is 7. The van der Waals surface area contributed by atoms with Gasteiger partial charge in [0.25, 0.3) is 0 Å². The maximum atomic E-state index is 13.2. The summed E-state index contributed by atoms with van der Waals surface area (Å²) >= 11 is 0. The highest BCUT2D eigenvalue weighted by Crippen LogP contribution is 2.48. The van der Waals surface area contributed by atoms with Crippen LogP contribution in [0.25, 0.3) is 0 Å². The Bertz CT molecular complexity index is 1030. The molecule has 3 aromatic rings. The fourth-order valence-electron chi connectivity index (χ4n) is 5.33. The molecule has 1 amide bonds. The zero-order valence-electron chi connectivity index (χ0n) is 18.2. The lowest BCUT2D eigenvalue weighted by atomic mass is 9.64. The maximum Gasteiger partial charge on any atom is 0.244 e. The molecular weight excluding hydrogens is 386 g/mol. The summed E-state index contributed by atoms with van der Waals surface area (Å²) < 4.78 is 4.20. The van der Waals surface area contributed by atoms with Gasteiger partial charge in [0.05, 0.1) is 0 Å². The number of hydrogen-bond acceptors (Lipinski definition) is 2. The minimum atomic E-state index is -0.866. The molecule has 31 heavy (non-hydrogen) atoms. The van der Waals surface area contributed by atoms with E-state index in [0.717, 1.165) is 36.1 Å². The lowest BCUT2D eigenvalue weighted by molar-refractivity contribution is -0.721. The smallest absolute Gasteiger partial charge is 0.244 e. The van der Waals surface area contributed by atoms with Crippen molar-refractivity contribution < 1.29 is 14.2 Å². The standard InChI is InChI=1S/C26H29N3O2/c1-19-16-29(18-28(19)17-20(2)30)24-14-13-23(15-24)26(25(27)31,21-9-5-3-6-10-21)22-11-7-4-8-12-22/h3-12,16,18,23-24H,13-15,17H2,1-2H3,(H-,27,31)/p+1/t23-,24-/m1/s1. The average Bonchev–Trinajstić information content (AvgIpc) is 3.37. The number of aryl methyl sites for hydroxylation is 1. The predicted molar refractivity (Wildman–Crippen MR) is 119 cm³/mol. The van der Waals surface area contributed by atoms with Crippen LogP contribution in [0.2, 0.25) is 0 Å². The molecule has 1 fully saturated rings. The van der Waals surface area contributed by atoms with Gasteiger partial charge in [-0.2, -0.15) is 0 Å². The van der Waals surface area contributed by atoms with E-state index in [-0.39, 0.29) is 23.7 Å². The van der Waals surface area contributed by atoms with Crippen molar-refractivity contribution in [3.63, 3.8) is 0 Å². The third-order valence-electron chi connectivity index (χ3n) is 6.74. The number of nitrogens with zero attached hydrogens (tertiary/aromatic N) is 2. The first-order chi connectivity index (χ1) is 14.9. The van der Waals surface area contributed by atoms with Crippen molar-refractivity contribution in [3.8, 4) is 0 Å². The Morgan fingerprint density at radius 1 is 1.03 bits per heavy atom. The van der Waals surface area contributed by atoms with Gasteiger partial charge < -0.3 is 5.73 Å². The van der Waals surface area contributed by atoms with Crippen LogP contribution in [-0.4, -0.2) is 16.3 Å². The van der Waals surface area contributed by atoms with Crippen LogP contribution in [0.4, 0.5) is 0 Å². The van der Waals surface area contributed by atoms with Crippen molar-refractivity contribution >= 4 is 11.7 Å². The van der Waals surface area contributed by atoms with Gasteiger partial charge in [-0.1, -0.05) is 60.7 Å². The molecule has 2 aromatic carbocycles. The van der Waals surface area contributed by atoms with E-state index >= 15 is 0 Å². The van der Waals surface area contributed by atoms with Gasteiger partial charge in [-0.05, 0) is 43.2 Å². The molecule has 5 nitrogen and oxygen atoms in total. The highest BCUT2D eigenvalue weighted by molar-refractivity contribution is 5.91. The first-order valence-corrected chi connectivity index (χ1v) is 10.9. The van der Waals surface area contributed by atoms with E-state index in [9.17, 15) is 9.59 Å². The van der Waals surface area contributed by atoms with Gasteiger partial charge in [0, 0.05) is 6.92 Å². The fraction of sp³-hybridized carbons (Fsp3) is 0.346. The average molecular weight is 417 g/mol. The van der Waals surface area contributed by atoms with Gasteiger partial charge in [0.1, 0.15) is 29.9 Å². The molecule has 1 aliphatic rings. The highest BCUT2D eigenvalue weighted by atomic mass is 16.1. The molecule has 4 rings (SSSR count). The molecule has 2 N–H and O–H groups in total. The number of primary amides is 1. The fourth-order valence-corrected chi connectivity index (χ4v) is 5.33. The lowest BCUT2D eigenvalue weighted by Crippen LogP contribution is -2.48. The third kappa shape index (κ3) is 3.80. The van der Waals surface area contributed by atoms with Gasteiger partial charge in [0.15, 0.2) is 5.78 Å². The molecule has 0 bridgehead atoms. The number of Topliss-reactive ketones (excluding diaryl/α,β-unsaturated/α-hetero) is 1. The molecule has 0 unspecified atom stereocenters. The number of ketones is 1. The van der Waals surface area contributed by atoms with Crippen LogP contribution in [0, 0.1) is 12.8 Å². The summed E-state index contributed by atoms with van der Waals surface area (Å²) in [7, 11) is 0.